The molecule has 8 nitrogen and oxygen atoms in total. The summed E-state index contributed by atoms with van der Waals surface area (Å²) in [6.45, 7) is 2.49. The largest absolute Gasteiger partial charge is 0.493 e. The van der Waals surface area contributed by atoms with Crippen molar-refractivity contribution in [3.05, 3.63) is 53.6 Å². The van der Waals surface area contributed by atoms with Gasteiger partial charge in [-0.3, -0.25) is 0 Å². The van der Waals surface area contributed by atoms with Gasteiger partial charge in [0.2, 0.25) is 5.75 Å². The molecule has 0 aliphatic carbocycles. The van der Waals surface area contributed by atoms with Crippen molar-refractivity contribution in [3.63, 3.8) is 0 Å². The standard InChI is InChI=1S/C27H34O8/c1-7-8-25(28)34-16-20-19(11-17-9-10-21(29-2)22(12-17)30-3)15-35-26(20)18-13-23(31-4)27(33-6)24(14-18)32-5/h7-10,12-14,19-20,26H,11,15-16H2,1-6H3/b8-7+/t19-,20-,26+/m0/s1. The van der Waals surface area contributed by atoms with Crippen LogP contribution in [0.2, 0.25) is 0 Å². The predicted octanol–water partition coefficient (Wildman–Crippen LogP) is 4.40. The lowest BCUT2D eigenvalue weighted by atomic mass is 9.84. The number of allylic oxidation sites excluding steroid dienone is 1. The molecule has 0 saturated carbocycles. The summed E-state index contributed by atoms with van der Waals surface area (Å²) in [4.78, 5) is 12.1. The van der Waals surface area contributed by atoms with Gasteiger partial charge >= 0.3 is 5.97 Å². The van der Waals surface area contributed by atoms with E-state index in [9.17, 15) is 4.79 Å². The average molecular weight is 487 g/mol. The molecule has 1 saturated heterocycles. The summed E-state index contributed by atoms with van der Waals surface area (Å²) in [6.07, 6.45) is 3.46. The maximum Gasteiger partial charge on any atom is 0.330 e. The number of carbonyl (C=O) groups is 1. The fourth-order valence-electron chi connectivity index (χ4n) is 4.44. The molecular weight excluding hydrogens is 452 g/mol. The van der Waals surface area contributed by atoms with Crippen molar-refractivity contribution in [3.8, 4) is 28.7 Å². The summed E-state index contributed by atoms with van der Waals surface area (Å²) in [7, 11) is 7.94. The number of benzene rings is 2. The minimum atomic E-state index is -0.382. The Kier molecular flexibility index (Phi) is 9.25. The van der Waals surface area contributed by atoms with E-state index in [1.54, 1.807) is 48.5 Å². The first-order valence-corrected chi connectivity index (χ1v) is 11.4. The molecule has 1 aliphatic heterocycles. The van der Waals surface area contributed by atoms with Crippen LogP contribution in [0.3, 0.4) is 0 Å². The number of rotatable bonds is 11. The van der Waals surface area contributed by atoms with Crippen molar-refractivity contribution in [2.45, 2.75) is 19.4 Å². The zero-order valence-corrected chi connectivity index (χ0v) is 21.2. The van der Waals surface area contributed by atoms with Crippen molar-refractivity contribution in [2.75, 3.05) is 48.8 Å². The lowest BCUT2D eigenvalue weighted by molar-refractivity contribution is -0.140. The summed E-state index contributed by atoms with van der Waals surface area (Å²) in [6, 6.07) is 9.63. The SMILES string of the molecule is C/C=C/C(=O)OC[C@H]1[C@@H](Cc2ccc(OC)c(OC)c2)CO[C@@H]1c1cc(OC)c(OC)c(OC)c1. The van der Waals surface area contributed by atoms with Crippen LogP contribution in [0.4, 0.5) is 0 Å². The Balaban J connectivity index is 1.92. The molecule has 0 N–H and O–H groups in total. The summed E-state index contributed by atoms with van der Waals surface area (Å²) in [5.41, 5.74) is 1.94. The van der Waals surface area contributed by atoms with Crippen LogP contribution >= 0.6 is 0 Å². The molecule has 1 aliphatic rings. The molecule has 0 spiro atoms. The Hall–Kier alpha value is -3.39. The first-order valence-electron chi connectivity index (χ1n) is 11.4. The van der Waals surface area contributed by atoms with Gasteiger partial charge in [0.15, 0.2) is 23.0 Å². The van der Waals surface area contributed by atoms with Gasteiger partial charge < -0.3 is 33.2 Å². The van der Waals surface area contributed by atoms with Gasteiger partial charge in [-0.05, 0) is 54.7 Å². The highest BCUT2D eigenvalue weighted by Crippen LogP contribution is 2.46. The van der Waals surface area contributed by atoms with E-state index in [4.69, 9.17) is 33.2 Å². The van der Waals surface area contributed by atoms with Crippen LogP contribution in [0, 0.1) is 11.8 Å². The van der Waals surface area contributed by atoms with Gasteiger partial charge in [0, 0.05) is 12.0 Å². The molecule has 35 heavy (non-hydrogen) atoms. The minimum Gasteiger partial charge on any atom is -0.493 e. The summed E-state index contributed by atoms with van der Waals surface area (Å²) in [5, 5.41) is 0. The highest BCUT2D eigenvalue weighted by atomic mass is 16.5. The molecule has 0 unspecified atom stereocenters. The Morgan fingerprint density at radius 2 is 1.57 bits per heavy atom. The molecule has 0 amide bonds. The van der Waals surface area contributed by atoms with E-state index in [0.717, 1.165) is 11.1 Å². The van der Waals surface area contributed by atoms with E-state index >= 15 is 0 Å². The second-order valence-electron chi connectivity index (χ2n) is 8.16. The normalized spacial score (nSPS) is 19.4. The molecule has 3 rings (SSSR count). The van der Waals surface area contributed by atoms with E-state index < -0.39 is 0 Å². The van der Waals surface area contributed by atoms with Crippen molar-refractivity contribution in [2.24, 2.45) is 11.8 Å². The van der Waals surface area contributed by atoms with Gasteiger partial charge in [0.1, 0.15) is 0 Å². The van der Waals surface area contributed by atoms with Crippen LogP contribution in [0.1, 0.15) is 24.2 Å². The third-order valence-electron chi connectivity index (χ3n) is 6.17. The van der Waals surface area contributed by atoms with Crippen LogP contribution in [-0.4, -0.2) is 54.7 Å². The van der Waals surface area contributed by atoms with Gasteiger partial charge in [0.05, 0.1) is 54.9 Å². The van der Waals surface area contributed by atoms with E-state index in [2.05, 4.69) is 0 Å². The first-order chi connectivity index (χ1) is 17.0. The van der Waals surface area contributed by atoms with Crippen LogP contribution in [0.5, 0.6) is 28.7 Å². The number of esters is 1. The topological polar surface area (TPSA) is 81.7 Å². The van der Waals surface area contributed by atoms with Crippen LogP contribution in [0.15, 0.2) is 42.5 Å². The van der Waals surface area contributed by atoms with E-state index in [1.165, 1.54) is 6.08 Å². The van der Waals surface area contributed by atoms with E-state index in [0.29, 0.717) is 41.8 Å². The Bertz CT molecular complexity index is 1010. The zero-order chi connectivity index (χ0) is 25.4. The number of hydrogen-bond acceptors (Lipinski definition) is 8. The smallest absolute Gasteiger partial charge is 0.330 e. The molecular formula is C27H34O8. The maximum absolute atomic E-state index is 12.1. The Morgan fingerprint density at radius 3 is 2.14 bits per heavy atom. The lowest BCUT2D eigenvalue weighted by Crippen LogP contribution is -2.24. The predicted molar refractivity (Wildman–Crippen MR) is 131 cm³/mol. The van der Waals surface area contributed by atoms with Gasteiger partial charge in [-0.25, -0.2) is 4.79 Å². The maximum atomic E-state index is 12.1. The monoisotopic (exact) mass is 486 g/mol. The van der Waals surface area contributed by atoms with Crippen LogP contribution < -0.4 is 23.7 Å². The number of hydrogen-bond donors (Lipinski definition) is 0. The Morgan fingerprint density at radius 1 is 0.914 bits per heavy atom. The van der Waals surface area contributed by atoms with Gasteiger partial charge in [-0.1, -0.05) is 12.1 Å². The van der Waals surface area contributed by atoms with Crippen molar-refractivity contribution < 1.29 is 38.0 Å². The third-order valence-corrected chi connectivity index (χ3v) is 6.17. The van der Waals surface area contributed by atoms with Gasteiger partial charge in [-0.15, -0.1) is 0 Å². The minimum absolute atomic E-state index is 0.0931. The first kappa shape index (κ1) is 26.2. The summed E-state index contributed by atoms with van der Waals surface area (Å²) in [5.74, 6) is 2.54. The molecule has 1 heterocycles. The number of ether oxygens (including phenoxy) is 7. The number of carbonyl (C=O) groups excluding carboxylic acids is 1. The molecule has 190 valence electrons. The van der Waals surface area contributed by atoms with Gasteiger partial charge in [0.25, 0.3) is 0 Å². The summed E-state index contributed by atoms with van der Waals surface area (Å²) >= 11 is 0. The van der Waals surface area contributed by atoms with Gasteiger partial charge in [-0.2, -0.15) is 0 Å². The van der Waals surface area contributed by atoms with E-state index in [1.807, 2.05) is 30.3 Å². The molecule has 2 aromatic rings. The van der Waals surface area contributed by atoms with E-state index in [-0.39, 0.29) is 30.5 Å². The Labute approximate surface area is 206 Å². The fraction of sp³-hybridized carbons (Fsp3) is 0.444. The highest BCUT2D eigenvalue weighted by molar-refractivity contribution is 5.81. The molecule has 3 atom stereocenters. The molecule has 0 bridgehead atoms. The molecule has 0 radical (unpaired) electrons. The van der Waals surface area contributed by atoms with Crippen molar-refractivity contribution >= 4 is 5.97 Å². The fourth-order valence-corrected chi connectivity index (χ4v) is 4.44. The molecule has 0 aromatic heterocycles. The molecule has 8 heteroatoms. The average Bonchev–Trinajstić information content (AvgIpc) is 3.28. The molecule has 1 fully saturated rings. The van der Waals surface area contributed by atoms with Crippen molar-refractivity contribution in [1.29, 1.82) is 0 Å². The second-order valence-corrected chi connectivity index (χ2v) is 8.16. The van der Waals surface area contributed by atoms with Crippen LogP contribution in [0.25, 0.3) is 0 Å². The third kappa shape index (κ3) is 6.00. The molecule has 2 aromatic carbocycles. The second kappa shape index (κ2) is 12.4. The summed E-state index contributed by atoms with van der Waals surface area (Å²) < 4.78 is 39.2. The zero-order valence-electron chi connectivity index (χ0n) is 21.2. The highest BCUT2D eigenvalue weighted by Gasteiger charge is 2.40. The number of methoxy groups -OCH3 is 5. The van der Waals surface area contributed by atoms with Crippen molar-refractivity contribution in [1.82, 2.24) is 0 Å². The van der Waals surface area contributed by atoms with Crippen LogP contribution in [-0.2, 0) is 20.7 Å². The quantitative estimate of drug-likeness (QED) is 0.342. The lowest BCUT2D eigenvalue weighted by Gasteiger charge is -2.24.